The molecule has 2 aromatic heterocycles. The smallest absolute Gasteiger partial charge is 0.251 e. The van der Waals surface area contributed by atoms with Crippen molar-refractivity contribution in [3.8, 4) is 0 Å². The van der Waals surface area contributed by atoms with E-state index in [-0.39, 0.29) is 5.91 Å². The van der Waals surface area contributed by atoms with Gasteiger partial charge in [0.1, 0.15) is 5.82 Å². The first-order chi connectivity index (χ1) is 11.2. The zero-order chi connectivity index (χ0) is 16.2. The highest BCUT2D eigenvalue weighted by Gasteiger charge is 2.09. The second-order valence-electron chi connectivity index (χ2n) is 5.31. The van der Waals surface area contributed by atoms with Crippen LogP contribution in [0.2, 0.25) is 0 Å². The molecule has 0 aliphatic rings. The fraction of sp³-hybridized carbons (Fsp3) is 0.312. The Morgan fingerprint density at radius 2 is 2.30 bits per heavy atom. The number of hydrogen-bond donors (Lipinski definition) is 2. The Morgan fingerprint density at radius 1 is 1.43 bits per heavy atom. The first kappa shape index (κ1) is 15.2. The van der Waals surface area contributed by atoms with E-state index in [0.29, 0.717) is 25.3 Å². The summed E-state index contributed by atoms with van der Waals surface area (Å²) < 4.78 is 7.03. The molecule has 0 aliphatic heterocycles. The number of nitrogens with zero attached hydrogens (tertiary/aromatic N) is 3. The zero-order valence-electron chi connectivity index (χ0n) is 13.2. The number of ether oxygens (including phenoxy) is 1. The molecule has 3 rings (SSSR count). The van der Waals surface area contributed by atoms with Crippen LogP contribution in [0, 0.1) is 6.92 Å². The molecule has 3 aromatic rings. The molecule has 0 aliphatic carbocycles. The maximum Gasteiger partial charge on any atom is 0.251 e. The molecule has 23 heavy (non-hydrogen) atoms. The van der Waals surface area contributed by atoms with Crippen molar-refractivity contribution in [1.82, 2.24) is 24.8 Å². The van der Waals surface area contributed by atoms with E-state index in [1.165, 1.54) is 0 Å². The Morgan fingerprint density at radius 3 is 3.13 bits per heavy atom. The molecule has 0 saturated heterocycles. The van der Waals surface area contributed by atoms with Crippen molar-refractivity contribution < 1.29 is 9.53 Å². The highest BCUT2D eigenvalue weighted by molar-refractivity contribution is 5.97. The number of carbonyl (C=O) groups is 1. The summed E-state index contributed by atoms with van der Waals surface area (Å²) in [6.45, 7) is 3.62. The Labute approximate surface area is 133 Å². The van der Waals surface area contributed by atoms with Gasteiger partial charge >= 0.3 is 0 Å². The molecule has 0 atom stereocenters. The Kier molecular flexibility index (Phi) is 4.38. The van der Waals surface area contributed by atoms with Gasteiger partial charge in [0.05, 0.1) is 36.2 Å². The van der Waals surface area contributed by atoms with Crippen molar-refractivity contribution in [2.45, 2.75) is 20.0 Å². The molecule has 1 amide bonds. The lowest BCUT2D eigenvalue weighted by Gasteiger charge is -2.09. The number of hydrogen-bond acceptors (Lipinski definition) is 4. The minimum absolute atomic E-state index is 0.126. The number of fused-ring (bicyclic) bond motifs is 1. The maximum atomic E-state index is 12.3. The SMILES string of the molecule is COCCn1cncc1CNC(=O)c1ccc2nc(C)[nH]c2c1. The summed E-state index contributed by atoms with van der Waals surface area (Å²) >= 11 is 0. The number of aromatic amines is 1. The van der Waals surface area contributed by atoms with Gasteiger partial charge in [-0.2, -0.15) is 0 Å². The lowest BCUT2D eigenvalue weighted by molar-refractivity contribution is 0.0950. The number of aromatic nitrogens is 4. The minimum Gasteiger partial charge on any atom is -0.383 e. The lowest BCUT2D eigenvalue weighted by atomic mass is 10.2. The quantitative estimate of drug-likeness (QED) is 0.724. The summed E-state index contributed by atoms with van der Waals surface area (Å²) in [4.78, 5) is 23.9. The van der Waals surface area contributed by atoms with Crippen LogP contribution in [0.3, 0.4) is 0 Å². The number of carbonyl (C=O) groups excluding carboxylic acids is 1. The van der Waals surface area contributed by atoms with Gasteiger partial charge in [0.15, 0.2) is 0 Å². The van der Waals surface area contributed by atoms with Crippen LogP contribution >= 0.6 is 0 Å². The van der Waals surface area contributed by atoms with Crippen molar-refractivity contribution in [3.63, 3.8) is 0 Å². The monoisotopic (exact) mass is 313 g/mol. The molecule has 0 spiro atoms. The molecule has 0 radical (unpaired) electrons. The van der Waals surface area contributed by atoms with E-state index in [0.717, 1.165) is 22.6 Å². The summed E-state index contributed by atoms with van der Waals surface area (Å²) in [5.74, 6) is 0.707. The predicted octanol–water partition coefficient (Wildman–Crippen LogP) is 1.64. The number of benzene rings is 1. The highest BCUT2D eigenvalue weighted by Crippen LogP contribution is 2.13. The summed E-state index contributed by atoms with van der Waals surface area (Å²) in [5, 5.41) is 2.91. The van der Waals surface area contributed by atoms with Crippen molar-refractivity contribution in [3.05, 3.63) is 47.8 Å². The molecule has 2 heterocycles. The number of aryl methyl sites for hydroxylation is 1. The second kappa shape index (κ2) is 6.62. The lowest BCUT2D eigenvalue weighted by Crippen LogP contribution is -2.24. The zero-order valence-corrected chi connectivity index (χ0v) is 13.2. The van der Waals surface area contributed by atoms with E-state index in [1.54, 1.807) is 25.7 Å². The third kappa shape index (κ3) is 3.40. The highest BCUT2D eigenvalue weighted by atomic mass is 16.5. The molecular formula is C16H19N5O2. The van der Waals surface area contributed by atoms with Crippen LogP contribution in [0.15, 0.2) is 30.7 Å². The van der Waals surface area contributed by atoms with Gasteiger partial charge in [0.25, 0.3) is 5.91 Å². The third-order valence-corrected chi connectivity index (χ3v) is 3.63. The fourth-order valence-electron chi connectivity index (χ4n) is 2.44. The van der Waals surface area contributed by atoms with Crippen molar-refractivity contribution in [1.29, 1.82) is 0 Å². The third-order valence-electron chi connectivity index (χ3n) is 3.63. The second-order valence-corrected chi connectivity index (χ2v) is 5.31. The van der Waals surface area contributed by atoms with Crippen molar-refractivity contribution in [2.75, 3.05) is 13.7 Å². The molecule has 0 saturated carbocycles. The minimum atomic E-state index is -0.126. The summed E-state index contributed by atoms with van der Waals surface area (Å²) in [5.41, 5.74) is 3.26. The van der Waals surface area contributed by atoms with Crippen LogP contribution in [0.1, 0.15) is 21.9 Å². The number of H-pyrrole nitrogens is 1. The van der Waals surface area contributed by atoms with E-state index in [9.17, 15) is 4.79 Å². The van der Waals surface area contributed by atoms with E-state index < -0.39 is 0 Å². The molecule has 0 unspecified atom stereocenters. The van der Waals surface area contributed by atoms with Crippen molar-refractivity contribution in [2.24, 2.45) is 0 Å². The number of nitrogens with one attached hydrogen (secondary N) is 2. The van der Waals surface area contributed by atoms with Crippen LogP contribution in [-0.2, 0) is 17.8 Å². The van der Waals surface area contributed by atoms with Crippen molar-refractivity contribution >= 4 is 16.9 Å². The predicted molar refractivity (Wildman–Crippen MR) is 86.1 cm³/mol. The molecule has 2 N–H and O–H groups in total. The van der Waals surface area contributed by atoms with Crippen LogP contribution in [0.25, 0.3) is 11.0 Å². The largest absolute Gasteiger partial charge is 0.383 e. The van der Waals surface area contributed by atoms with Crippen LogP contribution < -0.4 is 5.32 Å². The molecule has 1 aromatic carbocycles. The number of rotatable bonds is 6. The first-order valence-corrected chi connectivity index (χ1v) is 7.40. The Hall–Kier alpha value is -2.67. The van der Waals surface area contributed by atoms with Crippen LogP contribution in [0.5, 0.6) is 0 Å². The Bertz CT molecular complexity index is 821. The number of amides is 1. The van der Waals surface area contributed by atoms with Gasteiger partial charge in [-0.05, 0) is 25.1 Å². The normalized spacial score (nSPS) is 11.0. The van der Waals surface area contributed by atoms with Crippen LogP contribution in [-0.4, -0.2) is 39.1 Å². The number of methoxy groups -OCH3 is 1. The standard InChI is InChI=1S/C16H19N5O2/c1-11-19-14-4-3-12(7-15(14)20-11)16(22)18-9-13-8-17-10-21(13)5-6-23-2/h3-4,7-8,10H,5-6,9H2,1-2H3,(H,18,22)(H,19,20). The maximum absolute atomic E-state index is 12.3. The molecule has 7 heteroatoms. The van der Waals surface area contributed by atoms with Gasteiger partial charge in [-0.3, -0.25) is 4.79 Å². The van der Waals surface area contributed by atoms with E-state index >= 15 is 0 Å². The summed E-state index contributed by atoms with van der Waals surface area (Å²) in [7, 11) is 1.66. The topological polar surface area (TPSA) is 84.8 Å². The molecule has 0 bridgehead atoms. The summed E-state index contributed by atoms with van der Waals surface area (Å²) in [6.07, 6.45) is 3.48. The van der Waals surface area contributed by atoms with Gasteiger partial charge < -0.3 is 19.6 Å². The molecule has 7 nitrogen and oxygen atoms in total. The van der Waals surface area contributed by atoms with E-state index in [1.807, 2.05) is 23.6 Å². The Balaban J connectivity index is 1.67. The van der Waals surface area contributed by atoms with Gasteiger partial charge in [0.2, 0.25) is 0 Å². The molecular weight excluding hydrogens is 294 g/mol. The molecule has 120 valence electrons. The van der Waals surface area contributed by atoms with Gasteiger partial charge in [0, 0.05) is 25.4 Å². The van der Waals surface area contributed by atoms with Gasteiger partial charge in [-0.1, -0.05) is 0 Å². The average Bonchev–Trinajstić information content (AvgIpc) is 3.14. The first-order valence-electron chi connectivity index (χ1n) is 7.40. The van der Waals surface area contributed by atoms with Crippen LogP contribution in [0.4, 0.5) is 0 Å². The fourth-order valence-corrected chi connectivity index (χ4v) is 2.44. The molecule has 0 fully saturated rings. The van der Waals surface area contributed by atoms with Gasteiger partial charge in [-0.25, -0.2) is 9.97 Å². The van der Waals surface area contributed by atoms with E-state index in [2.05, 4.69) is 20.3 Å². The summed E-state index contributed by atoms with van der Waals surface area (Å²) in [6, 6.07) is 5.43. The van der Waals surface area contributed by atoms with Gasteiger partial charge in [-0.15, -0.1) is 0 Å². The van der Waals surface area contributed by atoms with E-state index in [4.69, 9.17) is 4.74 Å². The average molecular weight is 313 g/mol. The number of imidazole rings is 2.